The van der Waals surface area contributed by atoms with Gasteiger partial charge in [0.05, 0.1) is 28.9 Å². The fourth-order valence-corrected chi connectivity index (χ4v) is 8.14. The second kappa shape index (κ2) is 10.8. The molecule has 4 aliphatic rings. The van der Waals surface area contributed by atoms with Crippen LogP contribution in [0.5, 0.6) is 0 Å². The van der Waals surface area contributed by atoms with Gasteiger partial charge in [0.15, 0.2) is 10.9 Å². The zero-order chi connectivity index (χ0) is 29.1. The number of allylic oxidation sites excluding steroid dienone is 1. The lowest BCUT2D eigenvalue weighted by atomic mass is 9.74. The summed E-state index contributed by atoms with van der Waals surface area (Å²) >= 11 is 1.26. The minimum Gasteiger partial charge on any atom is -0.512 e. The van der Waals surface area contributed by atoms with Crippen LogP contribution in [0.4, 0.5) is 22.7 Å². The van der Waals surface area contributed by atoms with E-state index < -0.39 is 29.8 Å². The summed E-state index contributed by atoms with van der Waals surface area (Å²) in [6.45, 7) is -0.0866. The quantitative estimate of drug-likeness (QED) is 0.169. The summed E-state index contributed by atoms with van der Waals surface area (Å²) in [5, 5.41) is 29.6. The number of alkyl halides is 3. The fraction of sp³-hybridized carbons (Fsp3) is 0.621. The van der Waals surface area contributed by atoms with E-state index in [9.17, 15) is 32.6 Å². The Morgan fingerprint density at radius 1 is 1.07 bits per heavy atom. The van der Waals surface area contributed by atoms with E-state index in [0.29, 0.717) is 35.5 Å². The number of nitrogens with zero attached hydrogens (tertiary/aromatic N) is 2. The standard InChI is InChI=1S/C29H33F4N3O4S/c30-22-9-15(27(38)39)10-23-25(22)35-28(41-23)36-16-7-8-17(36)12-18(11-16)40-13-20(26(37)14-5-6-14)24(34)19-3-1-2-4-21(19)29(31,32)33/h9-10,14,16-19,21,34,37H,1-8,11-13H2,(H,38,39)/b26-20-,34-24?/t16-,17?,18?,19?,21?/m0/s1. The summed E-state index contributed by atoms with van der Waals surface area (Å²) in [5.74, 6) is -4.51. The molecule has 2 aliphatic carbocycles. The van der Waals surface area contributed by atoms with Crippen LogP contribution < -0.4 is 4.90 Å². The molecule has 2 aromatic rings. The van der Waals surface area contributed by atoms with Gasteiger partial charge in [-0.3, -0.25) is 0 Å². The van der Waals surface area contributed by atoms with Crippen LogP contribution in [0.25, 0.3) is 10.2 Å². The molecular weight excluding hydrogens is 562 g/mol. The molecule has 5 atom stereocenters. The Morgan fingerprint density at radius 2 is 1.76 bits per heavy atom. The van der Waals surface area contributed by atoms with Gasteiger partial charge in [-0.25, -0.2) is 14.2 Å². The number of benzene rings is 1. The molecule has 3 heterocycles. The van der Waals surface area contributed by atoms with Gasteiger partial charge < -0.3 is 25.3 Å². The third-order valence-electron chi connectivity index (χ3n) is 9.21. The number of anilines is 1. The molecule has 0 amide bonds. The van der Waals surface area contributed by atoms with Crippen molar-refractivity contribution in [3.63, 3.8) is 0 Å². The van der Waals surface area contributed by atoms with Gasteiger partial charge in [-0.2, -0.15) is 13.2 Å². The Morgan fingerprint density at radius 3 is 2.39 bits per heavy atom. The molecule has 6 rings (SSSR count). The van der Waals surface area contributed by atoms with Gasteiger partial charge in [0, 0.05) is 35.2 Å². The number of halogens is 4. The lowest BCUT2D eigenvalue weighted by Gasteiger charge is -2.39. The summed E-state index contributed by atoms with van der Waals surface area (Å²) in [6, 6.07) is 2.55. The van der Waals surface area contributed by atoms with Gasteiger partial charge in [0.2, 0.25) is 0 Å². The Kier molecular flexibility index (Phi) is 7.50. The van der Waals surface area contributed by atoms with Crippen LogP contribution in [-0.4, -0.2) is 57.8 Å². The number of nitrogens with one attached hydrogen (secondary N) is 1. The minimum absolute atomic E-state index is 0.00395. The predicted molar refractivity (Wildman–Crippen MR) is 146 cm³/mol. The van der Waals surface area contributed by atoms with Crippen molar-refractivity contribution in [2.24, 2.45) is 17.8 Å². The fourth-order valence-electron chi connectivity index (χ4n) is 6.97. The average molecular weight is 596 g/mol. The number of aromatic carboxylic acids is 1. The Bertz CT molecular complexity index is 1370. The van der Waals surface area contributed by atoms with Crippen LogP contribution in [0.15, 0.2) is 23.5 Å². The van der Waals surface area contributed by atoms with E-state index in [1.54, 1.807) is 0 Å². The molecule has 1 aromatic carbocycles. The highest BCUT2D eigenvalue weighted by Crippen LogP contribution is 2.46. The molecule has 2 bridgehead atoms. The molecule has 4 fully saturated rings. The number of aliphatic hydroxyl groups is 1. The van der Waals surface area contributed by atoms with Crippen LogP contribution in [-0.2, 0) is 4.74 Å². The van der Waals surface area contributed by atoms with Crippen molar-refractivity contribution >= 4 is 38.4 Å². The number of ether oxygens (including phenoxy) is 1. The third-order valence-corrected chi connectivity index (χ3v) is 10.2. The van der Waals surface area contributed by atoms with Gasteiger partial charge in [0.25, 0.3) is 0 Å². The molecule has 222 valence electrons. The lowest BCUT2D eigenvalue weighted by Crippen LogP contribution is -2.46. The molecule has 3 N–H and O–H groups in total. The van der Waals surface area contributed by atoms with Crippen LogP contribution in [0.1, 0.15) is 74.6 Å². The van der Waals surface area contributed by atoms with E-state index >= 15 is 0 Å². The summed E-state index contributed by atoms with van der Waals surface area (Å²) in [4.78, 5) is 18.0. The normalized spacial score (nSPS) is 29.1. The molecule has 7 nitrogen and oxygen atoms in total. The highest BCUT2D eigenvalue weighted by atomic mass is 32.1. The number of aromatic nitrogens is 1. The first-order chi connectivity index (χ1) is 19.5. The Hall–Kier alpha value is -2.73. The molecule has 41 heavy (non-hydrogen) atoms. The summed E-state index contributed by atoms with van der Waals surface area (Å²) in [7, 11) is 0. The first-order valence-corrected chi connectivity index (χ1v) is 15.1. The Balaban J connectivity index is 1.17. The number of thiazole rings is 1. The number of rotatable bonds is 8. The van der Waals surface area contributed by atoms with E-state index in [1.807, 2.05) is 0 Å². The van der Waals surface area contributed by atoms with Crippen LogP contribution in [0, 0.1) is 29.0 Å². The van der Waals surface area contributed by atoms with Crippen LogP contribution in [0.3, 0.4) is 0 Å². The number of carbonyl (C=O) groups is 1. The maximum Gasteiger partial charge on any atom is 0.392 e. The maximum atomic E-state index is 14.6. The summed E-state index contributed by atoms with van der Waals surface area (Å²) in [6.07, 6.45) is 1.36. The molecule has 0 radical (unpaired) electrons. The van der Waals surface area contributed by atoms with Crippen molar-refractivity contribution in [3.05, 3.63) is 34.8 Å². The molecular formula is C29H33F4N3O4S. The highest BCUT2D eigenvalue weighted by Gasteiger charge is 2.48. The number of aliphatic hydroxyl groups excluding tert-OH is 1. The van der Waals surface area contributed by atoms with E-state index in [1.165, 1.54) is 17.4 Å². The highest BCUT2D eigenvalue weighted by molar-refractivity contribution is 7.22. The van der Waals surface area contributed by atoms with E-state index in [2.05, 4.69) is 9.88 Å². The number of carboxylic acid groups (broad SMARTS) is 1. The number of hydrogen-bond donors (Lipinski definition) is 3. The van der Waals surface area contributed by atoms with Crippen LogP contribution in [0.2, 0.25) is 0 Å². The van der Waals surface area contributed by atoms with Crippen molar-refractivity contribution in [1.82, 2.24) is 4.98 Å². The third kappa shape index (κ3) is 5.57. The van der Waals surface area contributed by atoms with Gasteiger partial charge in [-0.1, -0.05) is 24.2 Å². The SMILES string of the molecule is N=C(/C(COC1CC2CC[C@@H](C1)N2c1nc2c(F)cc(C(=O)O)cc2s1)=C(\O)C1CC1)C1CCCCC1C(F)(F)F. The van der Waals surface area contributed by atoms with Crippen molar-refractivity contribution in [2.45, 2.75) is 88.6 Å². The largest absolute Gasteiger partial charge is 0.512 e. The molecule has 2 aliphatic heterocycles. The molecule has 1 aromatic heterocycles. The van der Waals surface area contributed by atoms with Crippen molar-refractivity contribution in [1.29, 1.82) is 5.41 Å². The molecule has 4 unspecified atom stereocenters. The van der Waals surface area contributed by atoms with Crippen molar-refractivity contribution in [2.75, 3.05) is 11.5 Å². The van der Waals surface area contributed by atoms with E-state index in [-0.39, 0.29) is 71.7 Å². The maximum absolute atomic E-state index is 14.6. The van der Waals surface area contributed by atoms with Gasteiger partial charge in [-0.05, 0) is 63.5 Å². The van der Waals surface area contributed by atoms with E-state index in [0.717, 1.165) is 31.7 Å². The summed E-state index contributed by atoms with van der Waals surface area (Å²) in [5.41, 5.74) is 0.115. The number of hydrogen-bond acceptors (Lipinski definition) is 7. The topological polar surface area (TPSA) is 107 Å². The first kappa shape index (κ1) is 28.4. The van der Waals surface area contributed by atoms with E-state index in [4.69, 9.17) is 10.1 Å². The second-order valence-corrected chi connectivity index (χ2v) is 12.9. The number of carboxylic acids is 1. The zero-order valence-electron chi connectivity index (χ0n) is 22.4. The zero-order valence-corrected chi connectivity index (χ0v) is 23.2. The molecule has 2 saturated carbocycles. The smallest absolute Gasteiger partial charge is 0.392 e. The van der Waals surface area contributed by atoms with Crippen LogP contribution >= 0.6 is 11.3 Å². The lowest BCUT2D eigenvalue weighted by molar-refractivity contribution is -0.189. The predicted octanol–water partition coefficient (Wildman–Crippen LogP) is 7.26. The first-order valence-electron chi connectivity index (χ1n) is 14.3. The van der Waals surface area contributed by atoms with Crippen molar-refractivity contribution < 1.29 is 37.3 Å². The number of piperidine rings is 1. The molecule has 12 heteroatoms. The van der Waals surface area contributed by atoms with Gasteiger partial charge in [-0.15, -0.1) is 0 Å². The summed E-state index contributed by atoms with van der Waals surface area (Å²) < 4.78 is 62.8. The molecule has 2 saturated heterocycles. The van der Waals surface area contributed by atoms with Gasteiger partial charge >= 0.3 is 12.1 Å². The number of fused-ring (bicyclic) bond motifs is 3. The second-order valence-electron chi connectivity index (χ2n) is 11.9. The average Bonchev–Trinajstić information content (AvgIpc) is 3.63. The van der Waals surface area contributed by atoms with Gasteiger partial charge in [0.1, 0.15) is 11.3 Å². The monoisotopic (exact) mass is 595 g/mol. The van der Waals surface area contributed by atoms with Crippen molar-refractivity contribution in [3.8, 4) is 0 Å². The minimum atomic E-state index is -4.39. The Labute approximate surface area is 238 Å². The molecule has 0 spiro atoms.